The third-order valence-corrected chi connectivity index (χ3v) is 5.31. The van der Waals surface area contributed by atoms with E-state index in [-0.39, 0.29) is 17.2 Å². The predicted molar refractivity (Wildman–Crippen MR) is 113 cm³/mol. The zero-order chi connectivity index (χ0) is 20.1. The van der Waals surface area contributed by atoms with Crippen molar-refractivity contribution in [2.24, 2.45) is 0 Å². The molecule has 0 aromatic heterocycles. The van der Waals surface area contributed by atoms with Crippen LogP contribution < -0.4 is 5.32 Å². The van der Waals surface area contributed by atoms with Gasteiger partial charge in [0.25, 0.3) is 11.8 Å². The van der Waals surface area contributed by atoms with Crippen LogP contribution in [-0.4, -0.2) is 29.8 Å². The van der Waals surface area contributed by atoms with Gasteiger partial charge in [0.05, 0.1) is 0 Å². The number of carbonyl (C=O) groups is 2. The van der Waals surface area contributed by atoms with Gasteiger partial charge in [0.1, 0.15) is 0 Å². The monoisotopic (exact) mass is 378 g/mol. The Morgan fingerprint density at radius 3 is 2.00 bits per heavy atom. The molecule has 0 atom stereocenters. The summed E-state index contributed by atoms with van der Waals surface area (Å²) in [6.07, 6.45) is 3.39. The van der Waals surface area contributed by atoms with E-state index < -0.39 is 0 Å². The molecular weight excluding hydrogens is 348 g/mol. The molecule has 4 nitrogen and oxygen atoms in total. The summed E-state index contributed by atoms with van der Waals surface area (Å²) in [7, 11) is 0. The van der Waals surface area contributed by atoms with Crippen molar-refractivity contribution < 1.29 is 9.59 Å². The second-order valence-electron chi connectivity index (χ2n) is 8.56. The summed E-state index contributed by atoms with van der Waals surface area (Å²) in [5.41, 5.74) is 3.63. The van der Waals surface area contributed by atoms with Gasteiger partial charge in [0.2, 0.25) is 0 Å². The summed E-state index contributed by atoms with van der Waals surface area (Å²) in [4.78, 5) is 26.8. The van der Waals surface area contributed by atoms with Crippen molar-refractivity contribution in [2.45, 2.75) is 52.0 Å². The summed E-state index contributed by atoms with van der Waals surface area (Å²) in [6.45, 7) is 8.61. The molecule has 1 aliphatic heterocycles. The normalized spacial score (nSPS) is 14.6. The Labute approximate surface area is 167 Å². The number of hydrogen-bond acceptors (Lipinski definition) is 2. The molecule has 1 aliphatic rings. The van der Waals surface area contributed by atoms with Crippen molar-refractivity contribution in [3.63, 3.8) is 0 Å². The van der Waals surface area contributed by atoms with Crippen LogP contribution in [0.15, 0.2) is 48.5 Å². The standard InChI is InChI=1S/C24H30N2O2/c1-24(2,3)21-13-11-19(12-14-21)22(27)25-17-18-7-9-20(10-8-18)23(28)26-15-5-4-6-16-26/h7-14H,4-6,15-17H2,1-3H3,(H,25,27). The fraction of sp³-hybridized carbons (Fsp3) is 0.417. The number of benzene rings is 2. The summed E-state index contributed by atoms with van der Waals surface area (Å²) < 4.78 is 0. The topological polar surface area (TPSA) is 49.4 Å². The van der Waals surface area contributed by atoms with Crippen molar-refractivity contribution in [3.8, 4) is 0 Å². The average molecular weight is 379 g/mol. The van der Waals surface area contributed by atoms with E-state index in [2.05, 4.69) is 26.1 Å². The predicted octanol–water partition coefficient (Wildman–Crippen LogP) is 4.54. The van der Waals surface area contributed by atoms with Gasteiger partial charge in [-0.15, -0.1) is 0 Å². The highest BCUT2D eigenvalue weighted by Crippen LogP contribution is 2.22. The molecule has 0 unspecified atom stereocenters. The SMILES string of the molecule is CC(C)(C)c1ccc(C(=O)NCc2ccc(C(=O)N3CCCCC3)cc2)cc1. The Balaban J connectivity index is 1.55. The number of likely N-dealkylation sites (tertiary alicyclic amines) is 1. The van der Waals surface area contributed by atoms with Gasteiger partial charge in [-0.1, -0.05) is 45.0 Å². The Kier molecular flexibility index (Phi) is 6.18. The number of piperidine rings is 1. The van der Waals surface area contributed by atoms with Crippen LogP contribution in [0.5, 0.6) is 0 Å². The molecule has 0 aliphatic carbocycles. The Morgan fingerprint density at radius 2 is 1.43 bits per heavy atom. The van der Waals surface area contributed by atoms with Gasteiger partial charge < -0.3 is 10.2 Å². The molecule has 0 bridgehead atoms. The summed E-state index contributed by atoms with van der Waals surface area (Å²) >= 11 is 0. The van der Waals surface area contributed by atoms with E-state index in [0.717, 1.165) is 37.1 Å². The lowest BCUT2D eigenvalue weighted by molar-refractivity contribution is 0.0724. The first-order valence-electron chi connectivity index (χ1n) is 10.1. The van der Waals surface area contributed by atoms with Gasteiger partial charge >= 0.3 is 0 Å². The van der Waals surface area contributed by atoms with E-state index in [0.29, 0.717) is 12.1 Å². The molecule has 4 heteroatoms. The minimum absolute atomic E-state index is 0.0718. The van der Waals surface area contributed by atoms with Crippen LogP contribution >= 0.6 is 0 Å². The summed E-state index contributed by atoms with van der Waals surface area (Å²) in [5, 5.41) is 2.95. The summed E-state index contributed by atoms with van der Waals surface area (Å²) in [5.74, 6) is 0.0168. The van der Waals surface area contributed by atoms with Crippen LogP contribution in [-0.2, 0) is 12.0 Å². The van der Waals surface area contributed by atoms with Crippen LogP contribution in [0.2, 0.25) is 0 Å². The number of rotatable bonds is 4. The highest BCUT2D eigenvalue weighted by atomic mass is 16.2. The van der Waals surface area contributed by atoms with Crippen LogP contribution in [0.25, 0.3) is 0 Å². The van der Waals surface area contributed by atoms with Gasteiger partial charge in [0, 0.05) is 30.8 Å². The highest BCUT2D eigenvalue weighted by molar-refractivity contribution is 5.95. The lowest BCUT2D eigenvalue weighted by Crippen LogP contribution is -2.35. The average Bonchev–Trinajstić information content (AvgIpc) is 2.72. The smallest absolute Gasteiger partial charge is 0.253 e. The van der Waals surface area contributed by atoms with Crippen LogP contribution in [0, 0.1) is 0 Å². The third kappa shape index (κ3) is 5.00. The van der Waals surface area contributed by atoms with E-state index >= 15 is 0 Å². The molecule has 28 heavy (non-hydrogen) atoms. The molecule has 2 aromatic rings. The quantitative estimate of drug-likeness (QED) is 0.849. The molecule has 2 aromatic carbocycles. The van der Waals surface area contributed by atoms with E-state index in [4.69, 9.17) is 0 Å². The number of carbonyl (C=O) groups excluding carboxylic acids is 2. The zero-order valence-corrected chi connectivity index (χ0v) is 17.1. The fourth-order valence-electron chi connectivity index (χ4n) is 3.45. The van der Waals surface area contributed by atoms with Crippen LogP contribution in [0.1, 0.15) is 71.9 Å². The molecule has 1 N–H and O–H groups in total. The molecular formula is C24H30N2O2. The minimum atomic E-state index is -0.0890. The van der Waals surface area contributed by atoms with Crippen LogP contribution in [0.4, 0.5) is 0 Å². The number of nitrogens with one attached hydrogen (secondary N) is 1. The van der Waals surface area contributed by atoms with E-state index in [1.54, 1.807) is 0 Å². The molecule has 1 saturated heterocycles. The Hall–Kier alpha value is -2.62. The first-order chi connectivity index (χ1) is 13.3. The van der Waals surface area contributed by atoms with E-state index in [1.807, 2.05) is 53.4 Å². The van der Waals surface area contributed by atoms with Crippen molar-refractivity contribution in [3.05, 3.63) is 70.8 Å². The van der Waals surface area contributed by atoms with Gasteiger partial charge in [-0.2, -0.15) is 0 Å². The summed E-state index contributed by atoms with van der Waals surface area (Å²) in [6, 6.07) is 15.3. The van der Waals surface area contributed by atoms with Crippen molar-refractivity contribution in [1.82, 2.24) is 10.2 Å². The van der Waals surface area contributed by atoms with Gasteiger partial charge in [0.15, 0.2) is 0 Å². The first kappa shape index (κ1) is 20.1. The molecule has 0 radical (unpaired) electrons. The lowest BCUT2D eigenvalue weighted by Gasteiger charge is -2.26. The van der Waals surface area contributed by atoms with Crippen LogP contribution in [0.3, 0.4) is 0 Å². The Morgan fingerprint density at radius 1 is 0.857 bits per heavy atom. The molecule has 0 saturated carbocycles. The molecule has 3 rings (SSSR count). The van der Waals surface area contributed by atoms with Gasteiger partial charge in [-0.3, -0.25) is 9.59 Å². The maximum absolute atomic E-state index is 12.5. The number of hydrogen-bond donors (Lipinski definition) is 1. The Bertz CT molecular complexity index is 811. The third-order valence-electron chi connectivity index (χ3n) is 5.31. The van der Waals surface area contributed by atoms with E-state index in [9.17, 15) is 9.59 Å². The lowest BCUT2D eigenvalue weighted by atomic mass is 9.87. The molecule has 2 amide bonds. The molecule has 0 spiro atoms. The van der Waals surface area contributed by atoms with Crippen molar-refractivity contribution >= 4 is 11.8 Å². The van der Waals surface area contributed by atoms with Crippen molar-refractivity contribution in [1.29, 1.82) is 0 Å². The van der Waals surface area contributed by atoms with Gasteiger partial charge in [-0.25, -0.2) is 0 Å². The first-order valence-corrected chi connectivity index (χ1v) is 10.1. The fourth-order valence-corrected chi connectivity index (χ4v) is 3.45. The second-order valence-corrected chi connectivity index (χ2v) is 8.56. The van der Waals surface area contributed by atoms with Crippen molar-refractivity contribution in [2.75, 3.05) is 13.1 Å². The number of nitrogens with zero attached hydrogens (tertiary/aromatic N) is 1. The maximum atomic E-state index is 12.5. The number of amides is 2. The second kappa shape index (κ2) is 8.59. The molecule has 1 fully saturated rings. The maximum Gasteiger partial charge on any atom is 0.253 e. The molecule has 148 valence electrons. The highest BCUT2D eigenvalue weighted by Gasteiger charge is 2.18. The molecule has 1 heterocycles. The van der Waals surface area contributed by atoms with E-state index in [1.165, 1.54) is 12.0 Å². The largest absolute Gasteiger partial charge is 0.348 e. The zero-order valence-electron chi connectivity index (χ0n) is 17.1. The minimum Gasteiger partial charge on any atom is -0.348 e. The van der Waals surface area contributed by atoms with Gasteiger partial charge in [-0.05, 0) is 60.1 Å².